The van der Waals surface area contributed by atoms with Gasteiger partial charge in [-0.1, -0.05) is 6.07 Å². The first-order chi connectivity index (χ1) is 23.9. The Morgan fingerprint density at radius 3 is 2.55 bits per heavy atom. The van der Waals surface area contributed by atoms with Crippen molar-refractivity contribution in [3.05, 3.63) is 48.7 Å². The Morgan fingerprint density at radius 1 is 1.06 bits per heavy atom. The molecule has 0 bridgehead atoms. The van der Waals surface area contributed by atoms with Gasteiger partial charge in [-0.15, -0.1) is 10.2 Å². The highest BCUT2D eigenvalue weighted by Gasteiger charge is 2.29. The number of ether oxygens (including phenoxy) is 4. The van der Waals surface area contributed by atoms with Crippen molar-refractivity contribution < 1.29 is 27.7 Å². The second-order valence-corrected chi connectivity index (χ2v) is 12.0. The molecule has 0 unspecified atom stereocenters. The first-order valence-electron chi connectivity index (χ1n) is 16.4. The lowest BCUT2D eigenvalue weighted by atomic mass is 9.90. The zero-order valence-electron chi connectivity index (χ0n) is 27.2. The van der Waals surface area contributed by atoms with E-state index in [1.54, 1.807) is 29.2 Å². The predicted molar refractivity (Wildman–Crippen MR) is 171 cm³/mol. The van der Waals surface area contributed by atoms with E-state index in [0.717, 1.165) is 63.1 Å². The molecule has 4 aromatic rings. The van der Waals surface area contributed by atoms with Crippen LogP contribution in [-0.4, -0.2) is 103 Å². The van der Waals surface area contributed by atoms with E-state index in [-0.39, 0.29) is 31.8 Å². The topological polar surface area (TPSA) is 163 Å². The summed E-state index contributed by atoms with van der Waals surface area (Å²) in [6.45, 7) is 2.99. The van der Waals surface area contributed by atoms with Gasteiger partial charge >= 0.3 is 6.61 Å². The highest BCUT2D eigenvalue weighted by atomic mass is 19.3. The number of nitriles is 1. The van der Waals surface area contributed by atoms with Crippen LogP contribution in [0.2, 0.25) is 0 Å². The SMILES string of the molecule is C[C@@H](Cn1cnnn1)Oc1cc(-c2cnc(Nc3cn([C@H]4CC[C@H](N5CCOCC5)CC4)nc3OCCCOC(F)F)nc2)ccc1C#N. The molecule has 6 rings (SSSR count). The van der Waals surface area contributed by atoms with E-state index in [9.17, 15) is 14.0 Å². The number of halogens is 2. The Bertz CT molecular complexity index is 1650. The molecule has 0 radical (unpaired) electrons. The number of nitrogens with one attached hydrogen (secondary N) is 1. The van der Waals surface area contributed by atoms with Crippen molar-refractivity contribution in [1.29, 1.82) is 5.26 Å². The van der Waals surface area contributed by atoms with E-state index in [1.165, 1.54) is 6.33 Å². The Hall–Kier alpha value is -4.79. The largest absolute Gasteiger partial charge is 0.487 e. The van der Waals surface area contributed by atoms with Crippen molar-refractivity contribution in [1.82, 2.24) is 44.9 Å². The number of hydrogen-bond acceptors (Lipinski definition) is 13. The fraction of sp³-hybridized carbons (Fsp3) is 0.531. The van der Waals surface area contributed by atoms with Crippen molar-refractivity contribution in [3.63, 3.8) is 0 Å². The zero-order chi connectivity index (χ0) is 34.0. The van der Waals surface area contributed by atoms with Crippen molar-refractivity contribution >= 4 is 11.6 Å². The van der Waals surface area contributed by atoms with E-state index in [4.69, 9.17) is 19.3 Å². The van der Waals surface area contributed by atoms with E-state index in [1.807, 2.05) is 23.9 Å². The third-order valence-electron chi connectivity index (χ3n) is 8.57. The molecule has 17 heteroatoms. The summed E-state index contributed by atoms with van der Waals surface area (Å²) in [4.78, 5) is 11.6. The van der Waals surface area contributed by atoms with Crippen LogP contribution in [0.3, 0.4) is 0 Å². The Kier molecular flexibility index (Phi) is 11.5. The molecular formula is C32H39F2N11O4. The van der Waals surface area contributed by atoms with Crippen molar-refractivity contribution in [2.24, 2.45) is 0 Å². The van der Waals surface area contributed by atoms with E-state index < -0.39 is 6.61 Å². The molecule has 1 saturated carbocycles. The first-order valence-corrected chi connectivity index (χ1v) is 16.4. The first kappa shape index (κ1) is 34.1. The van der Waals surface area contributed by atoms with Gasteiger partial charge in [-0.25, -0.2) is 14.6 Å². The average Bonchev–Trinajstić information content (AvgIpc) is 3.78. The minimum Gasteiger partial charge on any atom is -0.487 e. The van der Waals surface area contributed by atoms with Crippen LogP contribution in [0, 0.1) is 11.3 Å². The van der Waals surface area contributed by atoms with Gasteiger partial charge in [-0.2, -0.15) is 14.0 Å². The summed E-state index contributed by atoms with van der Waals surface area (Å²) in [5.74, 6) is 1.09. The van der Waals surface area contributed by atoms with Crippen LogP contribution >= 0.6 is 0 Å². The monoisotopic (exact) mass is 679 g/mol. The molecule has 1 aromatic carbocycles. The molecule has 2 fully saturated rings. The van der Waals surface area contributed by atoms with E-state index in [0.29, 0.717) is 41.4 Å². The van der Waals surface area contributed by atoms with Gasteiger partial charge in [0.05, 0.1) is 50.8 Å². The molecule has 1 aliphatic heterocycles. The van der Waals surface area contributed by atoms with Crippen LogP contribution in [0.1, 0.15) is 50.6 Å². The molecule has 1 atom stereocenters. The third-order valence-corrected chi connectivity index (χ3v) is 8.57. The fourth-order valence-electron chi connectivity index (χ4n) is 6.12. The molecule has 0 spiro atoms. The summed E-state index contributed by atoms with van der Waals surface area (Å²) < 4.78 is 50.2. The second-order valence-electron chi connectivity index (χ2n) is 12.0. The summed E-state index contributed by atoms with van der Waals surface area (Å²) in [5.41, 5.74) is 2.46. The number of anilines is 2. The molecule has 0 amide bonds. The van der Waals surface area contributed by atoms with Crippen molar-refractivity contribution in [2.75, 3.05) is 44.8 Å². The van der Waals surface area contributed by atoms with Gasteiger partial charge in [0.25, 0.3) is 5.88 Å². The number of aromatic nitrogens is 8. The fourth-order valence-corrected chi connectivity index (χ4v) is 6.12. The summed E-state index contributed by atoms with van der Waals surface area (Å²) in [7, 11) is 0. The number of rotatable bonds is 15. The summed E-state index contributed by atoms with van der Waals surface area (Å²) in [6, 6.07) is 8.20. The van der Waals surface area contributed by atoms with Crippen LogP contribution in [0.15, 0.2) is 43.1 Å². The molecule has 2 aliphatic rings. The standard InChI is InChI=1S/C32H39F2N11O4/c1-22(19-44-21-38-41-42-44)49-29-15-23(3-4-24(29)16-35)25-17-36-32(37-18-25)39-28-20-45(40-30(28)47-11-2-12-48-31(33)34)27-7-5-26(6-8-27)43-9-13-46-14-10-43/h3-4,15,17-18,20-22,26-27,31H,2,5-14,19H2,1H3,(H,36,37,39)/t22-,26-,27-/m0/s1. The zero-order valence-corrected chi connectivity index (χ0v) is 27.2. The molecule has 3 aromatic heterocycles. The highest BCUT2D eigenvalue weighted by molar-refractivity contribution is 5.67. The van der Waals surface area contributed by atoms with Crippen LogP contribution in [0.25, 0.3) is 11.1 Å². The normalized spacial score (nSPS) is 19.0. The molecule has 1 N–H and O–H groups in total. The van der Waals surface area contributed by atoms with Gasteiger partial charge in [0.15, 0.2) is 0 Å². The second kappa shape index (κ2) is 16.5. The smallest absolute Gasteiger partial charge is 0.345 e. The predicted octanol–water partition coefficient (Wildman–Crippen LogP) is 4.23. The number of nitrogens with zero attached hydrogens (tertiary/aromatic N) is 10. The lowest BCUT2D eigenvalue weighted by molar-refractivity contribution is -0.130. The van der Waals surface area contributed by atoms with Gasteiger partial charge in [-0.3, -0.25) is 9.58 Å². The highest BCUT2D eigenvalue weighted by Crippen LogP contribution is 2.35. The minimum atomic E-state index is -2.82. The van der Waals surface area contributed by atoms with Crippen LogP contribution in [-0.2, 0) is 16.0 Å². The van der Waals surface area contributed by atoms with Gasteiger partial charge < -0.3 is 24.3 Å². The van der Waals surface area contributed by atoms with Crippen LogP contribution < -0.4 is 14.8 Å². The molecular weight excluding hydrogens is 640 g/mol. The van der Waals surface area contributed by atoms with Gasteiger partial charge in [0.2, 0.25) is 5.95 Å². The maximum Gasteiger partial charge on any atom is 0.345 e. The minimum absolute atomic E-state index is 0.127. The Balaban J connectivity index is 1.13. The van der Waals surface area contributed by atoms with Crippen molar-refractivity contribution in [2.45, 2.75) is 70.4 Å². The summed E-state index contributed by atoms with van der Waals surface area (Å²) in [6.07, 6.45) is 10.8. The third kappa shape index (κ3) is 9.22. The quantitative estimate of drug-likeness (QED) is 0.178. The van der Waals surface area contributed by atoms with Crippen LogP contribution in [0.4, 0.5) is 20.4 Å². The Labute approximate surface area is 282 Å². The van der Waals surface area contributed by atoms with Crippen LogP contribution in [0.5, 0.6) is 11.6 Å². The van der Waals surface area contributed by atoms with Gasteiger partial charge in [0, 0.05) is 43.5 Å². The maximum absolute atomic E-state index is 12.4. The van der Waals surface area contributed by atoms with E-state index >= 15 is 0 Å². The molecule has 260 valence electrons. The number of hydrogen-bond donors (Lipinski definition) is 1. The number of benzene rings is 1. The number of morpholine rings is 1. The molecule has 49 heavy (non-hydrogen) atoms. The Morgan fingerprint density at radius 2 is 1.84 bits per heavy atom. The molecule has 1 saturated heterocycles. The lowest BCUT2D eigenvalue weighted by Crippen LogP contribution is -2.45. The molecule has 15 nitrogen and oxygen atoms in total. The average molecular weight is 680 g/mol. The van der Waals surface area contributed by atoms with E-state index in [2.05, 4.69) is 46.5 Å². The molecule has 1 aliphatic carbocycles. The van der Waals surface area contributed by atoms with Gasteiger partial charge in [0.1, 0.15) is 29.9 Å². The number of alkyl halides is 2. The summed E-state index contributed by atoms with van der Waals surface area (Å²) in [5, 5.41) is 28.7. The maximum atomic E-state index is 12.4. The molecule has 4 heterocycles. The lowest BCUT2D eigenvalue weighted by Gasteiger charge is -2.38. The van der Waals surface area contributed by atoms with Crippen molar-refractivity contribution in [3.8, 4) is 28.8 Å². The van der Waals surface area contributed by atoms with Gasteiger partial charge in [-0.05, 0) is 60.7 Å². The number of tetrazole rings is 1. The summed E-state index contributed by atoms with van der Waals surface area (Å²) >= 11 is 0.